The first-order valence-corrected chi connectivity index (χ1v) is 6.75. The average Bonchev–Trinajstić information content (AvgIpc) is 2.69. The van der Waals surface area contributed by atoms with Crippen LogP contribution in [0.3, 0.4) is 0 Å². The molecule has 2 atom stereocenters. The van der Waals surface area contributed by atoms with Gasteiger partial charge in [0, 0.05) is 6.42 Å². The minimum Gasteiger partial charge on any atom is -0.447 e. The topological polar surface area (TPSA) is 70.4 Å². The molecule has 1 fully saturated rings. The summed E-state index contributed by atoms with van der Waals surface area (Å²) in [6.07, 6.45) is 0.176. The first-order chi connectivity index (χ1) is 8.86. The lowest BCUT2D eigenvalue weighted by Crippen LogP contribution is -2.42. The van der Waals surface area contributed by atoms with Crippen LogP contribution >= 0.6 is 0 Å². The number of hydrogen-bond acceptors (Lipinski definition) is 4. The fourth-order valence-corrected chi connectivity index (χ4v) is 2.27. The van der Waals surface area contributed by atoms with E-state index in [2.05, 4.69) is 6.07 Å². The molecule has 5 nitrogen and oxygen atoms in total. The Morgan fingerprint density at radius 2 is 2.11 bits per heavy atom. The van der Waals surface area contributed by atoms with Gasteiger partial charge in [-0.3, -0.25) is 4.79 Å². The number of cyclic esters (lactones) is 1. The van der Waals surface area contributed by atoms with E-state index in [1.807, 2.05) is 27.7 Å². The van der Waals surface area contributed by atoms with Crippen molar-refractivity contribution in [1.82, 2.24) is 4.90 Å². The third-order valence-corrected chi connectivity index (χ3v) is 3.30. The van der Waals surface area contributed by atoms with Crippen LogP contribution in [0.15, 0.2) is 0 Å². The molecule has 1 aliphatic heterocycles. The summed E-state index contributed by atoms with van der Waals surface area (Å²) in [4.78, 5) is 25.0. The lowest BCUT2D eigenvalue weighted by Gasteiger charge is -2.23. The van der Waals surface area contributed by atoms with Crippen LogP contribution < -0.4 is 0 Å². The number of imide groups is 1. The first-order valence-electron chi connectivity index (χ1n) is 6.75. The molecule has 0 spiro atoms. The summed E-state index contributed by atoms with van der Waals surface area (Å²) in [5, 5.41) is 9.07. The van der Waals surface area contributed by atoms with Crippen LogP contribution in [0.4, 0.5) is 4.79 Å². The van der Waals surface area contributed by atoms with Gasteiger partial charge in [0.25, 0.3) is 0 Å². The molecular weight excluding hydrogens is 244 g/mol. The van der Waals surface area contributed by atoms with Gasteiger partial charge in [-0.1, -0.05) is 27.7 Å². The third kappa shape index (κ3) is 3.95. The van der Waals surface area contributed by atoms with Gasteiger partial charge < -0.3 is 4.74 Å². The predicted molar refractivity (Wildman–Crippen MR) is 70.0 cm³/mol. The lowest BCUT2D eigenvalue weighted by molar-refractivity contribution is -0.130. The van der Waals surface area contributed by atoms with Gasteiger partial charge in [0.15, 0.2) is 0 Å². The van der Waals surface area contributed by atoms with E-state index >= 15 is 0 Å². The third-order valence-electron chi connectivity index (χ3n) is 3.30. The smallest absolute Gasteiger partial charge is 0.416 e. The van der Waals surface area contributed by atoms with Crippen molar-refractivity contribution in [2.45, 2.75) is 46.6 Å². The second-order valence-corrected chi connectivity index (χ2v) is 5.81. The Balaban J connectivity index is 2.70. The van der Waals surface area contributed by atoms with E-state index in [1.165, 1.54) is 4.90 Å². The molecule has 1 unspecified atom stereocenters. The molecule has 0 aromatic heterocycles. The summed E-state index contributed by atoms with van der Waals surface area (Å²) < 4.78 is 4.94. The molecule has 0 N–H and O–H groups in total. The highest BCUT2D eigenvalue weighted by atomic mass is 16.6. The Hall–Kier alpha value is -1.57. The minimum absolute atomic E-state index is 0.0903. The Morgan fingerprint density at radius 3 is 2.58 bits per heavy atom. The molecule has 0 saturated carbocycles. The molecule has 1 saturated heterocycles. The number of amides is 2. The fraction of sp³-hybridized carbons (Fsp3) is 0.786. The highest BCUT2D eigenvalue weighted by Gasteiger charge is 2.39. The summed E-state index contributed by atoms with van der Waals surface area (Å²) in [6.45, 7) is 8.17. The molecular formula is C14H22N2O3. The average molecular weight is 266 g/mol. The van der Waals surface area contributed by atoms with Gasteiger partial charge >= 0.3 is 6.09 Å². The van der Waals surface area contributed by atoms with Crippen molar-refractivity contribution in [3.63, 3.8) is 0 Å². The van der Waals surface area contributed by atoms with Crippen molar-refractivity contribution in [3.05, 3.63) is 0 Å². The number of rotatable bonds is 5. The lowest BCUT2D eigenvalue weighted by atomic mass is 9.94. The van der Waals surface area contributed by atoms with E-state index in [-0.39, 0.29) is 36.8 Å². The van der Waals surface area contributed by atoms with Gasteiger partial charge in [0.1, 0.15) is 6.61 Å². The van der Waals surface area contributed by atoms with Crippen LogP contribution in [0, 0.1) is 29.1 Å². The normalized spacial score (nSPS) is 20.6. The summed E-state index contributed by atoms with van der Waals surface area (Å²) in [6, 6.07) is 1.94. The molecule has 5 heteroatoms. The van der Waals surface area contributed by atoms with Crippen molar-refractivity contribution in [1.29, 1.82) is 5.26 Å². The summed E-state index contributed by atoms with van der Waals surface area (Å²) in [5.41, 5.74) is 0. The number of hydrogen-bond donors (Lipinski definition) is 0. The molecule has 0 aromatic rings. The molecule has 1 rings (SSSR count). The van der Waals surface area contributed by atoms with Gasteiger partial charge in [-0.05, 0) is 18.3 Å². The predicted octanol–water partition coefficient (Wildman–Crippen LogP) is 2.57. The van der Waals surface area contributed by atoms with Gasteiger partial charge in [0.05, 0.1) is 18.0 Å². The molecule has 1 aliphatic rings. The standard InChI is InChI=1S/C14H22N2O3/c1-9(2)5-11(7-15)6-13(17)16-12(10(3)4)8-19-14(16)18/h9-12H,5-6,8H2,1-4H3/t11-,12?/m1/s1. The van der Waals surface area contributed by atoms with Gasteiger partial charge in [0.2, 0.25) is 5.91 Å². The van der Waals surface area contributed by atoms with E-state index in [0.717, 1.165) is 0 Å². The zero-order valence-corrected chi connectivity index (χ0v) is 12.0. The number of nitrogens with zero attached hydrogens (tertiary/aromatic N) is 2. The molecule has 0 aromatic carbocycles. The van der Waals surface area contributed by atoms with Gasteiger partial charge in [-0.15, -0.1) is 0 Å². The van der Waals surface area contributed by atoms with Crippen LogP contribution in [0.5, 0.6) is 0 Å². The Kier molecular flexibility index (Phi) is 5.34. The van der Waals surface area contributed by atoms with E-state index in [0.29, 0.717) is 12.3 Å². The molecule has 106 valence electrons. The second-order valence-electron chi connectivity index (χ2n) is 5.81. The zero-order valence-electron chi connectivity index (χ0n) is 12.0. The zero-order chi connectivity index (χ0) is 14.6. The van der Waals surface area contributed by atoms with Crippen LogP contribution in [-0.2, 0) is 9.53 Å². The number of carbonyl (C=O) groups is 2. The molecule has 0 aliphatic carbocycles. The van der Waals surface area contributed by atoms with E-state index < -0.39 is 6.09 Å². The molecule has 0 bridgehead atoms. The fourth-order valence-electron chi connectivity index (χ4n) is 2.27. The van der Waals surface area contributed by atoms with Crippen molar-refractivity contribution in [2.24, 2.45) is 17.8 Å². The Bertz CT molecular complexity index is 385. The van der Waals surface area contributed by atoms with Crippen LogP contribution in [-0.4, -0.2) is 29.5 Å². The Morgan fingerprint density at radius 1 is 1.47 bits per heavy atom. The SMILES string of the molecule is CC(C)C[C@@H](C#N)CC(=O)N1C(=O)OCC1C(C)C. The molecule has 19 heavy (non-hydrogen) atoms. The van der Waals surface area contributed by atoms with Crippen LogP contribution in [0.1, 0.15) is 40.5 Å². The second kappa shape index (κ2) is 6.55. The Labute approximate surface area is 114 Å². The molecule has 0 radical (unpaired) electrons. The minimum atomic E-state index is -0.579. The number of ether oxygens (including phenoxy) is 1. The van der Waals surface area contributed by atoms with Gasteiger partial charge in [-0.2, -0.15) is 5.26 Å². The first kappa shape index (κ1) is 15.5. The van der Waals surface area contributed by atoms with Crippen LogP contribution in [0.2, 0.25) is 0 Å². The highest BCUT2D eigenvalue weighted by Crippen LogP contribution is 2.23. The molecule has 1 heterocycles. The maximum atomic E-state index is 12.2. The van der Waals surface area contributed by atoms with Crippen LogP contribution in [0.25, 0.3) is 0 Å². The van der Waals surface area contributed by atoms with E-state index in [9.17, 15) is 9.59 Å². The van der Waals surface area contributed by atoms with Crippen molar-refractivity contribution >= 4 is 12.0 Å². The monoisotopic (exact) mass is 266 g/mol. The largest absolute Gasteiger partial charge is 0.447 e. The molecule has 2 amide bonds. The summed E-state index contributed by atoms with van der Waals surface area (Å²) in [5.74, 6) is -0.132. The summed E-state index contributed by atoms with van der Waals surface area (Å²) in [7, 11) is 0. The number of nitriles is 1. The summed E-state index contributed by atoms with van der Waals surface area (Å²) >= 11 is 0. The van der Waals surface area contributed by atoms with Crippen molar-refractivity contribution < 1.29 is 14.3 Å². The van der Waals surface area contributed by atoms with E-state index in [4.69, 9.17) is 10.00 Å². The quantitative estimate of drug-likeness (QED) is 0.766. The highest BCUT2D eigenvalue weighted by molar-refractivity contribution is 5.93. The van der Waals surface area contributed by atoms with Gasteiger partial charge in [-0.25, -0.2) is 9.69 Å². The van der Waals surface area contributed by atoms with Crippen molar-refractivity contribution in [3.8, 4) is 6.07 Å². The maximum Gasteiger partial charge on any atom is 0.416 e. The van der Waals surface area contributed by atoms with E-state index in [1.54, 1.807) is 0 Å². The maximum absolute atomic E-state index is 12.2. The van der Waals surface area contributed by atoms with Crippen molar-refractivity contribution in [2.75, 3.05) is 6.61 Å². The number of carbonyl (C=O) groups excluding carboxylic acids is 2.